The third-order valence-electron chi connectivity index (χ3n) is 14.4. The van der Waals surface area contributed by atoms with Gasteiger partial charge in [0.1, 0.15) is 13.2 Å². The minimum Gasteiger partial charge on any atom is -0.462 e. The molecule has 1 unspecified atom stereocenters. The van der Waals surface area contributed by atoms with Gasteiger partial charge in [-0.25, -0.2) is 0 Å². The predicted molar refractivity (Wildman–Crippen MR) is 334 cm³/mol. The number of esters is 3. The Balaban J connectivity index is 4.37. The average molecular weight is 1070 g/mol. The molecule has 0 amide bonds. The highest BCUT2D eigenvalue weighted by Crippen LogP contribution is 2.17. The van der Waals surface area contributed by atoms with Crippen molar-refractivity contribution < 1.29 is 28.6 Å². The molecular formula is C71H124O6. The van der Waals surface area contributed by atoms with Gasteiger partial charge in [-0.2, -0.15) is 0 Å². The Kier molecular flexibility index (Phi) is 62.2. The molecule has 0 radical (unpaired) electrons. The van der Waals surface area contributed by atoms with Gasteiger partial charge in [0.15, 0.2) is 6.10 Å². The fourth-order valence-corrected chi connectivity index (χ4v) is 9.44. The summed E-state index contributed by atoms with van der Waals surface area (Å²) in [5.41, 5.74) is 0. The van der Waals surface area contributed by atoms with Crippen LogP contribution in [0.25, 0.3) is 0 Å². The van der Waals surface area contributed by atoms with Gasteiger partial charge in [0.25, 0.3) is 0 Å². The van der Waals surface area contributed by atoms with E-state index < -0.39 is 6.10 Å². The van der Waals surface area contributed by atoms with Gasteiger partial charge in [-0.1, -0.05) is 298 Å². The van der Waals surface area contributed by atoms with Crippen LogP contribution >= 0.6 is 0 Å². The highest BCUT2D eigenvalue weighted by molar-refractivity contribution is 5.71. The molecule has 0 aliphatic heterocycles. The van der Waals surface area contributed by atoms with Crippen molar-refractivity contribution in [3.8, 4) is 0 Å². The topological polar surface area (TPSA) is 78.9 Å². The molecular weight excluding hydrogens is 949 g/mol. The van der Waals surface area contributed by atoms with Crippen molar-refractivity contribution in [1.29, 1.82) is 0 Å². The number of carbonyl (C=O) groups is 3. The largest absolute Gasteiger partial charge is 0.462 e. The third kappa shape index (κ3) is 63.3. The molecule has 1 atom stereocenters. The number of rotatable bonds is 60. The van der Waals surface area contributed by atoms with Crippen LogP contribution in [0.4, 0.5) is 0 Å². The van der Waals surface area contributed by atoms with Gasteiger partial charge in [0, 0.05) is 19.3 Å². The molecule has 0 fully saturated rings. The van der Waals surface area contributed by atoms with E-state index in [1.807, 2.05) is 0 Å². The number of allylic oxidation sites excluding steroid dienone is 14. The summed E-state index contributed by atoms with van der Waals surface area (Å²) in [5, 5.41) is 0. The first-order valence-corrected chi connectivity index (χ1v) is 33.1. The minimum absolute atomic E-state index is 0.0866. The Hall–Kier alpha value is -3.41. The molecule has 0 aliphatic carbocycles. The molecule has 0 rings (SSSR count). The molecule has 0 heterocycles. The van der Waals surface area contributed by atoms with Crippen LogP contribution in [-0.4, -0.2) is 37.2 Å². The standard InChI is InChI=1S/C71H124O6/c1-4-7-10-13-16-19-22-25-28-30-32-34-35-37-38-40-43-46-49-52-55-58-61-64-70(73)76-67-68(66-75-69(72)63-60-57-54-51-48-45-42-27-24-21-18-15-12-9-6-3)77-71(74)65-62-59-56-53-50-47-44-41-39-36-33-31-29-26-23-20-17-14-11-8-5-2/h8,11,17-18,20-21,26-27,29,33,36,41-42,44,68H,4-7,9-10,12-16,19,22-25,28,30-32,34-35,37-40,43,45-67H2,1-3H3/b11-8-,20-17-,21-18-,29-26-,36-33-,42-27-,44-41-. The maximum atomic E-state index is 12.9. The van der Waals surface area contributed by atoms with Gasteiger partial charge in [0.05, 0.1) is 0 Å². The second kappa shape index (κ2) is 65.1. The lowest BCUT2D eigenvalue weighted by molar-refractivity contribution is -0.167. The van der Waals surface area contributed by atoms with Crippen LogP contribution < -0.4 is 0 Å². The molecule has 77 heavy (non-hydrogen) atoms. The average Bonchev–Trinajstić information content (AvgIpc) is 3.43. The van der Waals surface area contributed by atoms with E-state index in [1.165, 1.54) is 161 Å². The van der Waals surface area contributed by atoms with E-state index in [0.717, 1.165) is 128 Å². The lowest BCUT2D eigenvalue weighted by Gasteiger charge is -2.18. The molecule has 6 nitrogen and oxygen atoms in total. The first-order chi connectivity index (χ1) is 38.0. The van der Waals surface area contributed by atoms with Crippen molar-refractivity contribution in [2.45, 2.75) is 335 Å². The van der Waals surface area contributed by atoms with Gasteiger partial charge in [-0.15, -0.1) is 0 Å². The Labute approximate surface area is 477 Å². The summed E-state index contributed by atoms with van der Waals surface area (Å²) in [6.07, 6.45) is 85.9. The first kappa shape index (κ1) is 73.6. The summed E-state index contributed by atoms with van der Waals surface area (Å²) < 4.78 is 16.9. The lowest BCUT2D eigenvalue weighted by atomic mass is 10.0. The van der Waals surface area contributed by atoms with Gasteiger partial charge in [0.2, 0.25) is 0 Å². The Morgan fingerprint density at radius 1 is 0.273 bits per heavy atom. The first-order valence-electron chi connectivity index (χ1n) is 33.1. The smallest absolute Gasteiger partial charge is 0.306 e. The molecule has 0 aromatic rings. The van der Waals surface area contributed by atoms with E-state index >= 15 is 0 Å². The molecule has 0 aromatic carbocycles. The van der Waals surface area contributed by atoms with Gasteiger partial charge in [-0.3, -0.25) is 14.4 Å². The zero-order chi connectivity index (χ0) is 55.7. The summed E-state index contributed by atoms with van der Waals surface area (Å²) in [4.78, 5) is 38.4. The SMILES string of the molecule is CC/C=C\C/C=C\C/C=C\C/C=C\C/C=C\CCCCCCCC(=O)OC(COC(=O)CCCCCCC/C=C\C/C=C\CCCCC)COC(=O)CCCCCCCCCCCCCCCCCCCCCCCCC. The van der Waals surface area contributed by atoms with Crippen LogP contribution in [0.3, 0.4) is 0 Å². The van der Waals surface area contributed by atoms with Crippen LogP contribution in [0.1, 0.15) is 329 Å². The van der Waals surface area contributed by atoms with Crippen molar-refractivity contribution in [1.82, 2.24) is 0 Å². The number of hydrogen-bond acceptors (Lipinski definition) is 6. The van der Waals surface area contributed by atoms with Crippen molar-refractivity contribution in [3.63, 3.8) is 0 Å². The summed E-state index contributed by atoms with van der Waals surface area (Å²) in [6.45, 7) is 6.52. The number of unbranched alkanes of at least 4 members (excludes halogenated alkanes) is 35. The second-order valence-corrected chi connectivity index (χ2v) is 22.0. The van der Waals surface area contributed by atoms with Crippen LogP contribution in [0.5, 0.6) is 0 Å². The molecule has 444 valence electrons. The maximum absolute atomic E-state index is 12.9. The van der Waals surface area contributed by atoms with Gasteiger partial charge >= 0.3 is 17.9 Å². The summed E-state index contributed by atoms with van der Waals surface area (Å²) in [6, 6.07) is 0. The number of hydrogen-bond donors (Lipinski definition) is 0. The maximum Gasteiger partial charge on any atom is 0.306 e. The molecule has 6 heteroatoms. The molecule has 0 aliphatic rings. The quantitative estimate of drug-likeness (QED) is 0.0261. The number of carbonyl (C=O) groups excluding carboxylic acids is 3. The highest BCUT2D eigenvalue weighted by Gasteiger charge is 2.19. The monoisotopic (exact) mass is 1070 g/mol. The molecule has 0 saturated carbocycles. The Morgan fingerprint density at radius 2 is 0.506 bits per heavy atom. The molecule has 0 aromatic heterocycles. The zero-order valence-electron chi connectivity index (χ0n) is 51.0. The minimum atomic E-state index is -0.794. The summed E-state index contributed by atoms with van der Waals surface area (Å²) >= 11 is 0. The number of ether oxygens (including phenoxy) is 3. The van der Waals surface area contributed by atoms with E-state index in [2.05, 4.69) is 106 Å². The van der Waals surface area contributed by atoms with Gasteiger partial charge in [-0.05, 0) is 96.3 Å². The van der Waals surface area contributed by atoms with Crippen molar-refractivity contribution >= 4 is 17.9 Å². The van der Waals surface area contributed by atoms with E-state index in [-0.39, 0.29) is 31.1 Å². The Bertz CT molecular complexity index is 1470. The van der Waals surface area contributed by atoms with Gasteiger partial charge < -0.3 is 14.2 Å². The lowest BCUT2D eigenvalue weighted by Crippen LogP contribution is -2.30. The Morgan fingerprint density at radius 3 is 0.818 bits per heavy atom. The van der Waals surface area contributed by atoms with Crippen molar-refractivity contribution in [2.75, 3.05) is 13.2 Å². The van der Waals surface area contributed by atoms with Crippen LogP contribution in [0.2, 0.25) is 0 Å². The summed E-state index contributed by atoms with van der Waals surface area (Å²) in [7, 11) is 0. The highest BCUT2D eigenvalue weighted by atomic mass is 16.6. The molecule has 0 bridgehead atoms. The van der Waals surface area contributed by atoms with Crippen molar-refractivity contribution in [2.24, 2.45) is 0 Å². The van der Waals surface area contributed by atoms with E-state index in [4.69, 9.17) is 14.2 Å². The fourth-order valence-electron chi connectivity index (χ4n) is 9.44. The molecule has 0 N–H and O–H groups in total. The van der Waals surface area contributed by atoms with Crippen LogP contribution in [-0.2, 0) is 28.6 Å². The van der Waals surface area contributed by atoms with Crippen LogP contribution in [0.15, 0.2) is 85.1 Å². The van der Waals surface area contributed by atoms with E-state index in [1.54, 1.807) is 0 Å². The molecule has 0 spiro atoms. The van der Waals surface area contributed by atoms with Crippen LogP contribution in [0, 0.1) is 0 Å². The zero-order valence-corrected chi connectivity index (χ0v) is 51.0. The van der Waals surface area contributed by atoms with Crippen molar-refractivity contribution in [3.05, 3.63) is 85.1 Å². The second-order valence-electron chi connectivity index (χ2n) is 22.0. The molecule has 0 saturated heterocycles. The van der Waals surface area contributed by atoms with E-state index in [0.29, 0.717) is 19.3 Å². The summed E-state index contributed by atoms with van der Waals surface area (Å²) in [5.74, 6) is -0.905. The fraction of sp³-hybridized carbons (Fsp3) is 0.761. The van der Waals surface area contributed by atoms with E-state index in [9.17, 15) is 14.4 Å². The third-order valence-corrected chi connectivity index (χ3v) is 14.4. The normalized spacial score (nSPS) is 12.6. The predicted octanol–water partition coefficient (Wildman–Crippen LogP) is 22.7.